The lowest BCUT2D eigenvalue weighted by Crippen LogP contribution is -2.38. The Hall–Kier alpha value is -3.61. The molecule has 4 heterocycles. The highest BCUT2D eigenvalue weighted by molar-refractivity contribution is 5.91. The molecular formula is C24H26N6O. The van der Waals surface area contributed by atoms with Gasteiger partial charge in [-0.15, -0.1) is 0 Å². The van der Waals surface area contributed by atoms with Crippen molar-refractivity contribution in [1.29, 1.82) is 0 Å². The molecule has 158 valence electrons. The summed E-state index contributed by atoms with van der Waals surface area (Å²) in [5.41, 5.74) is 3.00. The summed E-state index contributed by atoms with van der Waals surface area (Å²) in [6.07, 6.45) is 13.1. The molecule has 1 amide bonds. The minimum absolute atomic E-state index is 0.0570. The first-order chi connectivity index (χ1) is 15.2. The molecule has 0 spiro atoms. The predicted octanol–water partition coefficient (Wildman–Crippen LogP) is 3.81. The molecule has 7 nitrogen and oxygen atoms in total. The molecule has 4 rings (SSSR count). The number of rotatable bonds is 6. The summed E-state index contributed by atoms with van der Waals surface area (Å²) in [5.74, 6) is 2.12. The fraction of sp³-hybridized carbons (Fsp3) is 0.292. The fourth-order valence-electron chi connectivity index (χ4n) is 3.72. The number of pyridine rings is 2. The fourth-order valence-corrected chi connectivity index (χ4v) is 3.72. The second-order valence-electron chi connectivity index (χ2n) is 7.78. The van der Waals surface area contributed by atoms with E-state index in [4.69, 9.17) is 0 Å². The summed E-state index contributed by atoms with van der Waals surface area (Å²) in [6.45, 7) is 3.55. The first kappa shape index (κ1) is 20.7. The molecule has 0 radical (unpaired) electrons. The maximum Gasteiger partial charge on any atom is 0.246 e. The number of nitrogens with one attached hydrogen (secondary N) is 1. The number of piperidine rings is 1. The molecule has 0 aliphatic carbocycles. The number of aromatic nitrogens is 4. The zero-order chi connectivity index (χ0) is 21.5. The van der Waals surface area contributed by atoms with Gasteiger partial charge in [-0.25, -0.2) is 15.0 Å². The third kappa shape index (κ3) is 5.72. The maximum atomic E-state index is 12.5. The lowest BCUT2D eigenvalue weighted by molar-refractivity contribution is -0.127. The van der Waals surface area contributed by atoms with Crippen LogP contribution in [0.15, 0.2) is 61.3 Å². The standard InChI is InChI=1S/C24H26N6O/c1-18-4-2-11-26-24(18)29-22-15-21(27-17-28-22)14-19-8-12-30(13-9-19)23(31)7-6-20-5-3-10-25-16-20/h2-7,10-11,15-17,19H,8-9,12-14H2,1H3,(H,26,27,28,29)/b7-6+. The van der Waals surface area contributed by atoms with Crippen molar-refractivity contribution in [3.63, 3.8) is 0 Å². The van der Waals surface area contributed by atoms with Crippen molar-refractivity contribution in [3.05, 3.63) is 78.1 Å². The van der Waals surface area contributed by atoms with E-state index in [2.05, 4.69) is 25.3 Å². The molecular weight excluding hydrogens is 388 g/mol. The molecule has 1 fully saturated rings. The van der Waals surface area contributed by atoms with E-state index in [0.717, 1.165) is 60.8 Å². The SMILES string of the molecule is Cc1cccnc1Nc1cc(CC2CCN(C(=O)/C=C/c3cccnc3)CC2)ncn1. The first-order valence-electron chi connectivity index (χ1n) is 10.5. The molecule has 0 aromatic carbocycles. The van der Waals surface area contributed by atoms with Gasteiger partial charge >= 0.3 is 0 Å². The molecule has 1 aliphatic rings. The molecule has 1 N–H and O–H groups in total. The Kier molecular flexibility index (Phi) is 6.62. The van der Waals surface area contributed by atoms with Gasteiger partial charge in [-0.3, -0.25) is 9.78 Å². The molecule has 3 aromatic heterocycles. The number of carbonyl (C=O) groups excluding carboxylic acids is 1. The van der Waals surface area contributed by atoms with E-state index in [9.17, 15) is 4.79 Å². The number of aryl methyl sites for hydroxylation is 1. The maximum absolute atomic E-state index is 12.5. The van der Waals surface area contributed by atoms with E-state index in [1.54, 1.807) is 31.0 Å². The number of nitrogens with zero attached hydrogens (tertiary/aromatic N) is 5. The van der Waals surface area contributed by atoms with Gasteiger partial charge in [-0.2, -0.15) is 0 Å². The molecule has 0 unspecified atom stereocenters. The van der Waals surface area contributed by atoms with Crippen molar-refractivity contribution < 1.29 is 4.79 Å². The normalized spacial score (nSPS) is 14.7. The van der Waals surface area contributed by atoms with Gasteiger partial charge in [-0.1, -0.05) is 12.1 Å². The van der Waals surface area contributed by atoms with Crippen molar-refractivity contribution in [3.8, 4) is 0 Å². The Labute approximate surface area is 182 Å². The molecule has 3 aromatic rings. The van der Waals surface area contributed by atoms with E-state index in [0.29, 0.717) is 5.92 Å². The molecule has 0 bridgehead atoms. The smallest absolute Gasteiger partial charge is 0.246 e. The average Bonchev–Trinajstić information content (AvgIpc) is 2.80. The van der Waals surface area contributed by atoms with Crippen LogP contribution < -0.4 is 5.32 Å². The van der Waals surface area contributed by atoms with Gasteiger partial charge in [-0.05, 0) is 61.4 Å². The van der Waals surface area contributed by atoms with Crippen LogP contribution in [-0.4, -0.2) is 43.8 Å². The summed E-state index contributed by atoms with van der Waals surface area (Å²) in [5, 5.41) is 3.27. The molecule has 0 saturated carbocycles. The monoisotopic (exact) mass is 414 g/mol. The largest absolute Gasteiger partial charge is 0.339 e. The zero-order valence-corrected chi connectivity index (χ0v) is 17.6. The van der Waals surface area contributed by atoms with E-state index >= 15 is 0 Å². The van der Waals surface area contributed by atoms with Crippen LogP contribution in [0.4, 0.5) is 11.6 Å². The van der Waals surface area contributed by atoms with E-state index in [1.165, 1.54) is 0 Å². The van der Waals surface area contributed by atoms with Crippen LogP contribution >= 0.6 is 0 Å². The van der Waals surface area contributed by atoms with Crippen LogP contribution in [0.2, 0.25) is 0 Å². The van der Waals surface area contributed by atoms with Crippen molar-refractivity contribution >= 4 is 23.6 Å². The van der Waals surface area contributed by atoms with Crippen LogP contribution in [0.25, 0.3) is 6.08 Å². The second-order valence-corrected chi connectivity index (χ2v) is 7.78. The van der Waals surface area contributed by atoms with Crippen LogP contribution in [0.3, 0.4) is 0 Å². The Morgan fingerprint density at radius 2 is 2.00 bits per heavy atom. The highest BCUT2D eigenvalue weighted by Gasteiger charge is 2.22. The minimum Gasteiger partial charge on any atom is -0.339 e. The Morgan fingerprint density at radius 3 is 2.77 bits per heavy atom. The van der Waals surface area contributed by atoms with Crippen LogP contribution in [0, 0.1) is 12.8 Å². The number of hydrogen-bond donors (Lipinski definition) is 1. The molecule has 1 aliphatic heterocycles. The Balaban J connectivity index is 1.29. The first-order valence-corrected chi connectivity index (χ1v) is 10.5. The lowest BCUT2D eigenvalue weighted by atomic mass is 9.92. The van der Waals surface area contributed by atoms with E-state index < -0.39 is 0 Å². The number of hydrogen-bond acceptors (Lipinski definition) is 6. The van der Waals surface area contributed by atoms with Crippen LogP contribution in [0.5, 0.6) is 0 Å². The average molecular weight is 415 g/mol. The van der Waals surface area contributed by atoms with Gasteiger partial charge in [0.1, 0.15) is 18.0 Å². The Morgan fingerprint density at radius 1 is 1.16 bits per heavy atom. The topological polar surface area (TPSA) is 83.9 Å². The van der Waals surface area contributed by atoms with Crippen molar-refractivity contribution in [1.82, 2.24) is 24.8 Å². The third-order valence-corrected chi connectivity index (χ3v) is 5.51. The molecule has 7 heteroatoms. The highest BCUT2D eigenvalue weighted by Crippen LogP contribution is 2.23. The zero-order valence-electron chi connectivity index (χ0n) is 17.6. The highest BCUT2D eigenvalue weighted by atomic mass is 16.2. The summed E-state index contributed by atoms with van der Waals surface area (Å²) in [4.78, 5) is 31.6. The van der Waals surface area contributed by atoms with Gasteiger partial charge in [0.15, 0.2) is 0 Å². The van der Waals surface area contributed by atoms with Gasteiger partial charge in [0.05, 0.1) is 0 Å². The van der Waals surface area contributed by atoms with Crippen LogP contribution in [0.1, 0.15) is 29.7 Å². The minimum atomic E-state index is 0.0570. The van der Waals surface area contributed by atoms with E-state index in [1.807, 2.05) is 48.2 Å². The predicted molar refractivity (Wildman–Crippen MR) is 121 cm³/mol. The molecule has 1 saturated heterocycles. The summed E-state index contributed by atoms with van der Waals surface area (Å²) in [6, 6.07) is 9.71. The number of amides is 1. The van der Waals surface area contributed by atoms with Crippen molar-refractivity contribution in [2.24, 2.45) is 5.92 Å². The summed E-state index contributed by atoms with van der Waals surface area (Å²) >= 11 is 0. The number of likely N-dealkylation sites (tertiary alicyclic amines) is 1. The van der Waals surface area contributed by atoms with Gasteiger partial charge in [0.2, 0.25) is 5.91 Å². The van der Waals surface area contributed by atoms with Gasteiger partial charge in [0, 0.05) is 49.5 Å². The lowest BCUT2D eigenvalue weighted by Gasteiger charge is -2.31. The Bertz CT molecular complexity index is 1040. The number of anilines is 2. The summed E-state index contributed by atoms with van der Waals surface area (Å²) < 4.78 is 0. The van der Waals surface area contributed by atoms with Crippen molar-refractivity contribution in [2.75, 3.05) is 18.4 Å². The number of carbonyl (C=O) groups is 1. The second kappa shape index (κ2) is 9.93. The third-order valence-electron chi connectivity index (χ3n) is 5.51. The molecule has 0 atom stereocenters. The van der Waals surface area contributed by atoms with E-state index in [-0.39, 0.29) is 5.91 Å². The van der Waals surface area contributed by atoms with Gasteiger partial charge in [0.25, 0.3) is 0 Å². The molecule has 31 heavy (non-hydrogen) atoms. The quantitative estimate of drug-likeness (QED) is 0.618. The van der Waals surface area contributed by atoms with Crippen LogP contribution in [-0.2, 0) is 11.2 Å². The summed E-state index contributed by atoms with van der Waals surface area (Å²) in [7, 11) is 0. The van der Waals surface area contributed by atoms with Gasteiger partial charge < -0.3 is 10.2 Å². The van der Waals surface area contributed by atoms with Crippen molar-refractivity contribution in [2.45, 2.75) is 26.2 Å².